The molecule has 1 rings (SSSR count). The quantitative estimate of drug-likeness (QED) is 0.644. The summed E-state index contributed by atoms with van der Waals surface area (Å²) >= 11 is 0. The summed E-state index contributed by atoms with van der Waals surface area (Å²) in [7, 11) is 0. The lowest BCUT2D eigenvalue weighted by atomic mass is 9.99. The lowest BCUT2D eigenvalue weighted by Crippen LogP contribution is -2.45. The molecule has 7 nitrogen and oxygen atoms in total. The Morgan fingerprint density at radius 3 is 2.43 bits per heavy atom. The van der Waals surface area contributed by atoms with Crippen LogP contribution in [0.2, 0.25) is 0 Å². The summed E-state index contributed by atoms with van der Waals surface area (Å²) < 4.78 is 13.5. The van der Waals surface area contributed by atoms with Gasteiger partial charge in [-0.3, -0.25) is 9.59 Å². The summed E-state index contributed by atoms with van der Waals surface area (Å²) in [6.07, 6.45) is 0.187. The second-order valence-corrected chi connectivity index (χ2v) is 5.73. The van der Waals surface area contributed by atoms with E-state index in [4.69, 9.17) is 5.11 Å². The van der Waals surface area contributed by atoms with Crippen molar-refractivity contribution in [1.29, 1.82) is 0 Å². The molecule has 0 spiro atoms. The Hall–Kier alpha value is -2.64. The van der Waals surface area contributed by atoms with Crippen molar-refractivity contribution in [3.8, 4) is 0 Å². The predicted octanol–water partition coefficient (Wildman–Crippen LogP) is 2.55. The topological polar surface area (TPSA) is 108 Å². The van der Waals surface area contributed by atoms with E-state index in [2.05, 4.69) is 16.0 Å². The maximum atomic E-state index is 13.5. The second-order valence-electron chi connectivity index (χ2n) is 5.73. The van der Waals surface area contributed by atoms with Gasteiger partial charge >= 0.3 is 12.0 Å². The summed E-state index contributed by atoms with van der Waals surface area (Å²) in [4.78, 5) is 33.5. The minimum atomic E-state index is -0.946. The highest BCUT2D eigenvalue weighted by molar-refractivity contribution is 5.92. The molecular weight excluding hydrogens is 305 g/mol. The third-order valence-electron chi connectivity index (χ3n) is 2.95. The van der Waals surface area contributed by atoms with Gasteiger partial charge in [-0.25, -0.2) is 9.18 Å². The van der Waals surface area contributed by atoms with Crippen LogP contribution in [0.5, 0.6) is 0 Å². The molecule has 0 saturated carbocycles. The van der Waals surface area contributed by atoms with E-state index < -0.39 is 29.3 Å². The molecule has 0 aliphatic heterocycles. The van der Waals surface area contributed by atoms with Crippen molar-refractivity contribution in [2.24, 2.45) is 0 Å². The van der Waals surface area contributed by atoms with E-state index >= 15 is 0 Å². The molecule has 0 fully saturated rings. The average molecular weight is 325 g/mol. The number of anilines is 2. The highest BCUT2D eigenvalue weighted by Gasteiger charge is 2.21. The monoisotopic (exact) mass is 325 g/mol. The van der Waals surface area contributed by atoms with Crippen LogP contribution < -0.4 is 16.0 Å². The molecule has 1 aromatic carbocycles. The second kappa shape index (κ2) is 7.57. The Kier molecular flexibility index (Phi) is 6.06. The van der Waals surface area contributed by atoms with Crippen LogP contribution in [-0.4, -0.2) is 28.6 Å². The van der Waals surface area contributed by atoms with Gasteiger partial charge < -0.3 is 21.1 Å². The van der Waals surface area contributed by atoms with Crippen molar-refractivity contribution in [3.63, 3.8) is 0 Å². The maximum absolute atomic E-state index is 13.5. The molecule has 3 amide bonds. The zero-order valence-corrected chi connectivity index (χ0v) is 13.2. The molecule has 0 radical (unpaired) electrons. The fraction of sp³-hybridized carbons (Fsp3) is 0.400. The number of urea groups is 1. The number of benzene rings is 1. The number of carboxylic acid groups (broad SMARTS) is 1. The molecule has 0 bridgehead atoms. The number of carbonyl (C=O) groups excluding carboxylic acids is 2. The van der Waals surface area contributed by atoms with Crippen LogP contribution in [0, 0.1) is 5.82 Å². The average Bonchev–Trinajstić information content (AvgIpc) is 2.39. The van der Waals surface area contributed by atoms with Gasteiger partial charge in [0.15, 0.2) is 0 Å². The summed E-state index contributed by atoms with van der Waals surface area (Å²) in [5.74, 6) is -1.99. The molecule has 0 heterocycles. The largest absolute Gasteiger partial charge is 0.481 e. The maximum Gasteiger partial charge on any atom is 0.319 e. The Morgan fingerprint density at radius 1 is 1.22 bits per heavy atom. The highest BCUT2D eigenvalue weighted by atomic mass is 19.1. The molecule has 23 heavy (non-hydrogen) atoms. The van der Waals surface area contributed by atoms with Gasteiger partial charge in [-0.1, -0.05) is 0 Å². The molecule has 0 unspecified atom stereocenters. The van der Waals surface area contributed by atoms with Crippen LogP contribution in [0.25, 0.3) is 0 Å². The zero-order valence-electron chi connectivity index (χ0n) is 13.2. The Morgan fingerprint density at radius 2 is 1.87 bits per heavy atom. The van der Waals surface area contributed by atoms with Crippen LogP contribution >= 0.6 is 0 Å². The molecule has 1 aromatic rings. The van der Waals surface area contributed by atoms with Gasteiger partial charge in [0.2, 0.25) is 5.91 Å². The standard InChI is InChI=1S/C15H20FN3O4/c1-9(20)17-12-8-10(4-5-11(12)16)18-14(23)19-15(2,3)7-6-13(21)22/h4-5,8H,6-7H2,1-3H3,(H,17,20)(H,21,22)(H2,18,19,23). The number of hydrogen-bond acceptors (Lipinski definition) is 3. The number of amides is 3. The van der Waals surface area contributed by atoms with Gasteiger partial charge in [-0.05, 0) is 38.5 Å². The van der Waals surface area contributed by atoms with Gasteiger partial charge in [0.1, 0.15) is 5.82 Å². The van der Waals surface area contributed by atoms with E-state index in [1.54, 1.807) is 13.8 Å². The molecule has 0 aliphatic carbocycles. The third-order valence-corrected chi connectivity index (χ3v) is 2.95. The highest BCUT2D eigenvalue weighted by Crippen LogP contribution is 2.20. The Bertz CT molecular complexity index is 617. The van der Waals surface area contributed by atoms with E-state index in [0.29, 0.717) is 5.69 Å². The van der Waals surface area contributed by atoms with Crippen molar-refractivity contribution in [2.75, 3.05) is 10.6 Å². The van der Waals surface area contributed by atoms with E-state index in [1.165, 1.54) is 19.1 Å². The van der Waals surface area contributed by atoms with E-state index in [9.17, 15) is 18.8 Å². The van der Waals surface area contributed by atoms with Crippen LogP contribution in [-0.2, 0) is 9.59 Å². The minimum absolute atomic E-state index is 0.0413. The summed E-state index contributed by atoms with van der Waals surface area (Å²) in [6.45, 7) is 4.64. The van der Waals surface area contributed by atoms with E-state index in [0.717, 1.165) is 6.07 Å². The van der Waals surface area contributed by atoms with Gasteiger partial charge in [0.05, 0.1) is 5.69 Å². The molecule has 0 aromatic heterocycles. The first-order valence-corrected chi connectivity index (χ1v) is 6.97. The predicted molar refractivity (Wildman–Crippen MR) is 83.8 cm³/mol. The van der Waals surface area contributed by atoms with Crippen molar-refractivity contribution < 1.29 is 23.9 Å². The molecule has 0 saturated heterocycles. The number of rotatable bonds is 6. The molecule has 8 heteroatoms. The van der Waals surface area contributed by atoms with Crippen LogP contribution in [0.4, 0.5) is 20.6 Å². The lowest BCUT2D eigenvalue weighted by Gasteiger charge is -2.25. The molecular formula is C15H20FN3O4. The van der Waals surface area contributed by atoms with Crippen molar-refractivity contribution in [2.45, 2.75) is 39.2 Å². The first-order valence-electron chi connectivity index (χ1n) is 6.97. The molecule has 0 atom stereocenters. The SMILES string of the molecule is CC(=O)Nc1cc(NC(=O)NC(C)(C)CCC(=O)O)ccc1F. The van der Waals surface area contributed by atoms with Gasteiger partial charge in [-0.2, -0.15) is 0 Å². The van der Waals surface area contributed by atoms with Gasteiger partial charge in [0.25, 0.3) is 0 Å². The fourth-order valence-corrected chi connectivity index (χ4v) is 1.84. The minimum Gasteiger partial charge on any atom is -0.481 e. The summed E-state index contributed by atoms with van der Waals surface area (Å²) in [5.41, 5.74) is -0.467. The number of nitrogens with one attached hydrogen (secondary N) is 3. The van der Waals surface area contributed by atoms with E-state index in [-0.39, 0.29) is 18.5 Å². The summed E-state index contributed by atoms with van der Waals surface area (Å²) in [6, 6.07) is 3.21. The van der Waals surface area contributed by atoms with Crippen molar-refractivity contribution in [1.82, 2.24) is 5.32 Å². The van der Waals surface area contributed by atoms with Crippen LogP contribution in [0.3, 0.4) is 0 Å². The van der Waals surface area contributed by atoms with Gasteiger partial charge in [0, 0.05) is 24.6 Å². The number of carbonyl (C=O) groups is 3. The van der Waals surface area contributed by atoms with Gasteiger partial charge in [-0.15, -0.1) is 0 Å². The number of carboxylic acids is 1. The van der Waals surface area contributed by atoms with Crippen LogP contribution in [0.1, 0.15) is 33.6 Å². The third kappa shape index (κ3) is 6.77. The zero-order chi connectivity index (χ0) is 17.6. The summed E-state index contributed by atoms with van der Waals surface area (Å²) in [5, 5.41) is 16.1. The number of halogens is 1. The van der Waals surface area contributed by atoms with E-state index in [1.807, 2.05) is 0 Å². The molecule has 0 aliphatic rings. The molecule has 126 valence electrons. The van der Waals surface area contributed by atoms with Crippen molar-refractivity contribution in [3.05, 3.63) is 24.0 Å². The normalized spacial score (nSPS) is 10.8. The Balaban J connectivity index is 2.70. The first kappa shape index (κ1) is 18.4. The first-order chi connectivity index (χ1) is 10.6. The van der Waals surface area contributed by atoms with Crippen molar-refractivity contribution >= 4 is 29.3 Å². The van der Waals surface area contributed by atoms with Crippen LogP contribution in [0.15, 0.2) is 18.2 Å². The number of hydrogen-bond donors (Lipinski definition) is 4. The smallest absolute Gasteiger partial charge is 0.319 e. The number of aliphatic carboxylic acids is 1. The fourth-order valence-electron chi connectivity index (χ4n) is 1.84. The molecule has 4 N–H and O–H groups in total. The Labute approximate surface area is 133 Å². The lowest BCUT2D eigenvalue weighted by molar-refractivity contribution is -0.137.